The van der Waals surface area contributed by atoms with Crippen LogP contribution in [-0.2, 0) is 19.7 Å². The summed E-state index contributed by atoms with van der Waals surface area (Å²) in [6, 6.07) is 7.43. The first-order valence-electron chi connectivity index (χ1n) is 7.12. The van der Waals surface area contributed by atoms with Gasteiger partial charge in [0.25, 0.3) is 0 Å². The molecule has 0 heterocycles. The molecule has 1 aliphatic rings. The maximum Gasteiger partial charge on any atom is 0.310 e. The van der Waals surface area contributed by atoms with Crippen LogP contribution < -0.4 is 5.32 Å². The Labute approximate surface area is 129 Å². The highest BCUT2D eigenvalue weighted by Crippen LogP contribution is 2.44. The third kappa shape index (κ3) is 3.21. The highest BCUT2D eigenvalue weighted by molar-refractivity contribution is 6.30. The molecule has 0 radical (unpaired) electrons. The van der Waals surface area contributed by atoms with Crippen LogP contribution in [0.25, 0.3) is 0 Å². The molecule has 4 nitrogen and oxygen atoms in total. The topological polar surface area (TPSA) is 55.4 Å². The standard InChI is InChI=1S/C16H20ClNO3/c1-11(14(19)21-2)10-18-15(20)16(8-3-9-16)12-4-6-13(17)7-5-12/h4-7,11H,3,8-10H2,1-2H3,(H,18,20). The number of benzene rings is 1. The summed E-state index contributed by atoms with van der Waals surface area (Å²) in [6.45, 7) is 2.03. The summed E-state index contributed by atoms with van der Waals surface area (Å²) in [7, 11) is 1.35. The Bertz CT molecular complexity index is 523. The molecule has 1 atom stereocenters. The summed E-state index contributed by atoms with van der Waals surface area (Å²) in [5, 5.41) is 3.54. The van der Waals surface area contributed by atoms with E-state index in [-0.39, 0.29) is 17.8 Å². The van der Waals surface area contributed by atoms with Crippen molar-refractivity contribution in [3.05, 3.63) is 34.9 Å². The van der Waals surface area contributed by atoms with E-state index < -0.39 is 5.41 Å². The fraction of sp³-hybridized carbons (Fsp3) is 0.500. The van der Waals surface area contributed by atoms with Gasteiger partial charge in [-0.25, -0.2) is 0 Å². The Hall–Kier alpha value is -1.55. The molecule has 0 bridgehead atoms. The molecule has 1 aromatic rings. The van der Waals surface area contributed by atoms with Crippen LogP contribution in [0, 0.1) is 5.92 Å². The van der Waals surface area contributed by atoms with Crippen molar-refractivity contribution in [2.45, 2.75) is 31.6 Å². The zero-order valence-electron chi connectivity index (χ0n) is 12.3. The van der Waals surface area contributed by atoms with E-state index in [4.69, 9.17) is 11.6 Å². The average molecular weight is 310 g/mol. The van der Waals surface area contributed by atoms with Crippen LogP contribution in [-0.4, -0.2) is 25.5 Å². The minimum absolute atomic E-state index is 0.0215. The van der Waals surface area contributed by atoms with Crippen LogP contribution in [0.4, 0.5) is 0 Å². The van der Waals surface area contributed by atoms with E-state index >= 15 is 0 Å². The lowest BCUT2D eigenvalue weighted by atomic mass is 9.64. The Morgan fingerprint density at radius 3 is 2.43 bits per heavy atom. The van der Waals surface area contributed by atoms with E-state index in [0.29, 0.717) is 11.6 Å². The molecule has 5 heteroatoms. The maximum atomic E-state index is 12.6. The second kappa shape index (κ2) is 6.48. The van der Waals surface area contributed by atoms with Gasteiger partial charge in [-0.15, -0.1) is 0 Å². The van der Waals surface area contributed by atoms with Crippen molar-refractivity contribution in [2.75, 3.05) is 13.7 Å². The molecule has 0 saturated heterocycles. The van der Waals surface area contributed by atoms with E-state index in [1.165, 1.54) is 7.11 Å². The molecular formula is C16H20ClNO3. The number of ether oxygens (including phenoxy) is 1. The molecule has 1 saturated carbocycles. The van der Waals surface area contributed by atoms with Gasteiger partial charge < -0.3 is 10.1 Å². The molecule has 1 fully saturated rings. The van der Waals surface area contributed by atoms with E-state index in [9.17, 15) is 9.59 Å². The number of rotatable bonds is 5. The summed E-state index contributed by atoms with van der Waals surface area (Å²) in [5.74, 6) is -0.683. The van der Waals surface area contributed by atoms with Gasteiger partial charge in [-0.2, -0.15) is 0 Å². The Balaban J connectivity index is 2.05. The SMILES string of the molecule is COC(=O)C(C)CNC(=O)C1(c2ccc(Cl)cc2)CCC1. The number of carbonyl (C=O) groups is 2. The second-order valence-corrected chi connectivity index (χ2v) is 6.01. The maximum absolute atomic E-state index is 12.6. The quantitative estimate of drug-likeness (QED) is 0.851. The first kappa shape index (κ1) is 15.8. The zero-order chi connectivity index (χ0) is 15.5. The number of halogens is 1. The van der Waals surface area contributed by atoms with Crippen LogP contribution in [0.1, 0.15) is 31.7 Å². The number of esters is 1. The summed E-state index contributed by atoms with van der Waals surface area (Å²) in [5.41, 5.74) is 0.516. The lowest BCUT2D eigenvalue weighted by molar-refractivity contribution is -0.144. The third-order valence-corrected chi connectivity index (χ3v) is 4.46. The van der Waals surface area contributed by atoms with Gasteiger partial charge in [0.2, 0.25) is 5.91 Å². The number of amides is 1. The van der Waals surface area contributed by atoms with Gasteiger partial charge in [0.1, 0.15) is 0 Å². The van der Waals surface area contributed by atoms with Gasteiger partial charge in [0.05, 0.1) is 18.4 Å². The predicted molar refractivity (Wildman–Crippen MR) is 81.2 cm³/mol. The van der Waals surface area contributed by atoms with Crippen LogP contribution in [0.3, 0.4) is 0 Å². The largest absolute Gasteiger partial charge is 0.469 e. The van der Waals surface area contributed by atoms with Crippen LogP contribution in [0.2, 0.25) is 5.02 Å². The summed E-state index contributed by atoms with van der Waals surface area (Å²) < 4.78 is 4.66. The second-order valence-electron chi connectivity index (χ2n) is 5.58. The highest BCUT2D eigenvalue weighted by atomic mass is 35.5. The van der Waals surface area contributed by atoms with Crippen molar-refractivity contribution in [1.29, 1.82) is 0 Å². The van der Waals surface area contributed by atoms with Crippen molar-refractivity contribution in [3.8, 4) is 0 Å². The molecule has 21 heavy (non-hydrogen) atoms. The van der Waals surface area contributed by atoms with Crippen molar-refractivity contribution < 1.29 is 14.3 Å². The van der Waals surface area contributed by atoms with Crippen molar-refractivity contribution in [2.24, 2.45) is 5.92 Å². The smallest absolute Gasteiger partial charge is 0.310 e. The molecule has 114 valence electrons. The zero-order valence-corrected chi connectivity index (χ0v) is 13.1. The van der Waals surface area contributed by atoms with Gasteiger partial charge in [-0.05, 0) is 30.5 Å². The molecule has 1 N–H and O–H groups in total. The van der Waals surface area contributed by atoms with Crippen LogP contribution in [0.5, 0.6) is 0 Å². The van der Waals surface area contributed by atoms with Gasteiger partial charge >= 0.3 is 5.97 Å². The van der Waals surface area contributed by atoms with Gasteiger partial charge in [-0.1, -0.05) is 37.1 Å². The molecule has 0 spiro atoms. The lowest BCUT2D eigenvalue weighted by Crippen LogP contribution is -2.50. The Kier molecular flexibility index (Phi) is 4.88. The lowest BCUT2D eigenvalue weighted by Gasteiger charge is -2.41. The molecular weight excluding hydrogens is 290 g/mol. The third-order valence-electron chi connectivity index (χ3n) is 4.21. The normalized spacial score (nSPS) is 17.5. The van der Waals surface area contributed by atoms with E-state index in [0.717, 1.165) is 24.8 Å². The van der Waals surface area contributed by atoms with Crippen LogP contribution >= 0.6 is 11.6 Å². The van der Waals surface area contributed by atoms with Crippen molar-refractivity contribution >= 4 is 23.5 Å². The predicted octanol–water partition coefficient (Wildman–Crippen LogP) is 2.69. The Morgan fingerprint density at radius 1 is 1.33 bits per heavy atom. The highest BCUT2D eigenvalue weighted by Gasteiger charge is 2.45. The number of carbonyl (C=O) groups excluding carboxylic acids is 2. The average Bonchev–Trinajstić information content (AvgIpc) is 2.44. The molecule has 1 amide bonds. The van der Waals surface area contributed by atoms with Crippen LogP contribution in [0.15, 0.2) is 24.3 Å². The minimum atomic E-state index is -0.472. The first-order valence-corrected chi connectivity index (χ1v) is 7.49. The molecule has 1 unspecified atom stereocenters. The Morgan fingerprint density at radius 2 is 1.95 bits per heavy atom. The molecule has 1 aliphatic carbocycles. The van der Waals surface area contributed by atoms with Gasteiger partial charge in [0, 0.05) is 11.6 Å². The van der Waals surface area contributed by atoms with E-state index in [1.807, 2.05) is 12.1 Å². The first-order chi connectivity index (χ1) is 9.99. The number of nitrogens with one attached hydrogen (secondary N) is 1. The van der Waals surface area contributed by atoms with Crippen molar-refractivity contribution in [1.82, 2.24) is 5.32 Å². The molecule has 0 aliphatic heterocycles. The van der Waals surface area contributed by atoms with Gasteiger partial charge in [-0.3, -0.25) is 9.59 Å². The van der Waals surface area contributed by atoms with E-state index in [2.05, 4.69) is 10.1 Å². The number of methoxy groups -OCH3 is 1. The monoisotopic (exact) mass is 309 g/mol. The molecule has 2 rings (SSSR count). The van der Waals surface area contributed by atoms with Crippen molar-refractivity contribution in [3.63, 3.8) is 0 Å². The minimum Gasteiger partial charge on any atom is -0.469 e. The summed E-state index contributed by atoms with van der Waals surface area (Å²) in [4.78, 5) is 23.9. The summed E-state index contributed by atoms with van der Waals surface area (Å²) >= 11 is 5.90. The fourth-order valence-electron chi connectivity index (χ4n) is 2.65. The number of hydrogen-bond donors (Lipinski definition) is 1. The molecule has 0 aromatic heterocycles. The molecule has 1 aromatic carbocycles. The van der Waals surface area contributed by atoms with Gasteiger partial charge in [0.15, 0.2) is 0 Å². The fourth-order valence-corrected chi connectivity index (χ4v) is 2.77. The van der Waals surface area contributed by atoms with E-state index in [1.54, 1.807) is 19.1 Å². The number of hydrogen-bond acceptors (Lipinski definition) is 3. The summed E-state index contributed by atoms with van der Waals surface area (Å²) in [6.07, 6.45) is 2.68.